The molecule has 0 unspecified atom stereocenters. The molecule has 0 fully saturated rings. The van der Waals surface area contributed by atoms with Crippen LogP contribution in [-0.4, -0.2) is 0 Å². The van der Waals surface area contributed by atoms with E-state index in [4.69, 9.17) is 22.1 Å². The van der Waals surface area contributed by atoms with E-state index in [9.17, 15) is 0 Å². The molecular formula is C13H13ClN2. The zero-order valence-corrected chi connectivity index (χ0v) is 10.0. The van der Waals surface area contributed by atoms with Crippen LogP contribution in [-0.2, 0) is 12.8 Å². The van der Waals surface area contributed by atoms with Gasteiger partial charge in [0.2, 0.25) is 0 Å². The van der Waals surface area contributed by atoms with Crippen LogP contribution in [0.25, 0.3) is 0 Å². The Morgan fingerprint density at radius 1 is 1.25 bits per heavy atom. The van der Waals surface area contributed by atoms with E-state index >= 15 is 0 Å². The minimum absolute atomic E-state index is 0.338. The fourth-order valence-electron chi connectivity index (χ4n) is 1.59. The van der Waals surface area contributed by atoms with Crippen LogP contribution in [0, 0.1) is 22.7 Å². The van der Waals surface area contributed by atoms with Crippen molar-refractivity contribution in [1.82, 2.24) is 0 Å². The molecule has 0 aliphatic rings. The van der Waals surface area contributed by atoms with E-state index in [0.717, 1.165) is 30.4 Å². The third kappa shape index (κ3) is 2.99. The molecule has 0 saturated carbocycles. The van der Waals surface area contributed by atoms with Crippen molar-refractivity contribution in [2.75, 3.05) is 0 Å². The summed E-state index contributed by atoms with van der Waals surface area (Å²) in [5.41, 5.74) is 2.47. The molecule has 0 aliphatic carbocycles. The Bertz CT molecular complexity index is 452. The van der Waals surface area contributed by atoms with Gasteiger partial charge >= 0.3 is 0 Å². The molecule has 0 amide bonds. The van der Waals surface area contributed by atoms with Crippen LogP contribution in [0.2, 0.25) is 5.02 Å². The molecule has 82 valence electrons. The zero-order chi connectivity index (χ0) is 12.0. The summed E-state index contributed by atoms with van der Waals surface area (Å²) < 4.78 is 0. The number of nitrogens with zero attached hydrogens (tertiary/aromatic N) is 2. The SMILES string of the molecule is CCCCc1cc(Cl)c(C#N)cc1CC#N. The Morgan fingerprint density at radius 3 is 2.56 bits per heavy atom. The smallest absolute Gasteiger partial charge is 0.101 e. The topological polar surface area (TPSA) is 47.6 Å². The number of nitriles is 2. The van der Waals surface area contributed by atoms with Gasteiger partial charge in [-0.15, -0.1) is 0 Å². The molecule has 1 rings (SSSR count). The summed E-state index contributed by atoms with van der Waals surface area (Å²) in [6, 6.07) is 7.71. The Hall–Kier alpha value is -1.51. The summed E-state index contributed by atoms with van der Waals surface area (Å²) in [6.45, 7) is 2.12. The van der Waals surface area contributed by atoms with Crippen molar-refractivity contribution in [2.24, 2.45) is 0 Å². The van der Waals surface area contributed by atoms with E-state index in [2.05, 4.69) is 13.0 Å². The van der Waals surface area contributed by atoms with E-state index in [1.165, 1.54) is 0 Å². The van der Waals surface area contributed by atoms with Gasteiger partial charge < -0.3 is 0 Å². The molecule has 0 N–H and O–H groups in total. The molecule has 0 spiro atoms. The highest BCUT2D eigenvalue weighted by molar-refractivity contribution is 6.31. The lowest BCUT2D eigenvalue weighted by Crippen LogP contribution is -1.96. The van der Waals surface area contributed by atoms with Gasteiger partial charge in [-0.25, -0.2) is 0 Å². The highest BCUT2D eigenvalue weighted by atomic mass is 35.5. The third-order valence-corrected chi connectivity index (χ3v) is 2.79. The molecule has 16 heavy (non-hydrogen) atoms. The molecule has 1 aromatic rings. The maximum Gasteiger partial charge on any atom is 0.101 e. The van der Waals surface area contributed by atoms with Gasteiger partial charge in [-0.05, 0) is 36.1 Å². The number of aryl methyl sites for hydroxylation is 1. The number of hydrogen-bond acceptors (Lipinski definition) is 2. The van der Waals surface area contributed by atoms with Crippen molar-refractivity contribution < 1.29 is 0 Å². The number of rotatable bonds is 4. The first-order valence-electron chi connectivity index (χ1n) is 5.31. The predicted octanol–water partition coefficient (Wildman–Crippen LogP) is 3.62. The molecule has 0 saturated heterocycles. The van der Waals surface area contributed by atoms with Crippen LogP contribution < -0.4 is 0 Å². The lowest BCUT2D eigenvalue weighted by atomic mass is 9.98. The molecule has 0 atom stereocenters. The molecule has 0 heterocycles. The number of hydrogen-bond donors (Lipinski definition) is 0. The Morgan fingerprint density at radius 2 is 2.00 bits per heavy atom. The van der Waals surface area contributed by atoms with Gasteiger partial charge in [0.1, 0.15) is 6.07 Å². The van der Waals surface area contributed by atoms with Crippen molar-refractivity contribution in [3.8, 4) is 12.1 Å². The predicted molar refractivity (Wildman–Crippen MR) is 64.1 cm³/mol. The van der Waals surface area contributed by atoms with Crippen molar-refractivity contribution in [3.05, 3.63) is 33.8 Å². The standard InChI is InChI=1S/C13H13ClN2/c1-2-3-4-10-8-13(14)12(9-16)7-11(10)5-6-15/h7-8H,2-5H2,1H3. The van der Waals surface area contributed by atoms with Crippen molar-refractivity contribution in [2.45, 2.75) is 32.6 Å². The maximum absolute atomic E-state index is 8.86. The minimum Gasteiger partial charge on any atom is -0.198 e. The fourth-order valence-corrected chi connectivity index (χ4v) is 1.82. The molecule has 1 aromatic carbocycles. The maximum atomic E-state index is 8.86. The molecule has 0 aliphatic heterocycles. The zero-order valence-electron chi connectivity index (χ0n) is 9.26. The van der Waals surface area contributed by atoms with Crippen LogP contribution >= 0.6 is 11.6 Å². The lowest BCUT2D eigenvalue weighted by molar-refractivity contribution is 0.789. The van der Waals surface area contributed by atoms with E-state index in [0.29, 0.717) is 17.0 Å². The van der Waals surface area contributed by atoms with Gasteiger partial charge in [0.25, 0.3) is 0 Å². The Labute approximate surface area is 101 Å². The average molecular weight is 233 g/mol. The van der Waals surface area contributed by atoms with Crippen LogP contribution in [0.3, 0.4) is 0 Å². The van der Waals surface area contributed by atoms with Crippen molar-refractivity contribution in [1.29, 1.82) is 10.5 Å². The van der Waals surface area contributed by atoms with Crippen LogP contribution in [0.4, 0.5) is 0 Å². The third-order valence-electron chi connectivity index (χ3n) is 2.48. The quantitative estimate of drug-likeness (QED) is 0.796. The van der Waals surface area contributed by atoms with Crippen LogP contribution in [0.15, 0.2) is 12.1 Å². The largest absolute Gasteiger partial charge is 0.198 e. The van der Waals surface area contributed by atoms with Gasteiger partial charge in [-0.1, -0.05) is 24.9 Å². The number of benzene rings is 1. The minimum atomic E-state index is 0.338. The summed E-state index contributed by atoms with van der Waals surface area (Å²) >= 11 is 5.98. The highest BCUT2D eigenvalue weighted by Gasteiger charge is 2.08. The van der Waals surface area contributed by atoms with E-state index in [-0.39, 0.29) is 0 Å². The molecular weight excluding hydrogens is 220 g/mol. The first-order valence-corrected chi connectivity index (χ1v) is 5.69. The van der Waals surface area contributed by atoms with E-state index < -0.39 is 0 Å². The first-order chi connectivity index (χ1) is 7.72. The Kier molecular flexibility index (Phi) is 4.83. The number of unbranched alkanes of at least 4 members (excludes halogenated alkanes) is 1. The second-order valence-corrected chi connectivity index (χ2v) is 4.06. The molecule has 0 radical (unpaired) electrons. The Balaban J connectivity index is 3.10. The van der Waals surface area contributed by atoms with Gasteiger partial charge in [0.05, 0.1) is 23.1 Å². The van der Waals surface area contributed by atoms with Crippen LogP contribution in [0.1, 0.15) is 36.5 Å². The second kappa shape index (κ2) is 6.16. The molecule has 3 heteroatoms. The molecule has 0 bridgehead atoms. The monoisotopic (exact) mass is 232 g/mol. The van der Waals surface area contributed by atoms with Crippen molar-refractivity contribution >= 4 is 11.6 Å². The average Bonchev–Trinajstić information content (AvgIpc) is 2.29. The van der Waals surface area contributed by atoms with E-state index in [1.807, 2.05) is 12.1 Å². The summed E-state index contributed by atoms with van der Waals surface area (Å²) in [4.78, 5) is 0. The summed E-state index contributed by atoms with van der Waals surface area (Å²) in [6.07, 6.45) is 3.42. The van der Waals surface area contributed by atoms with Crippen LogP contribution in [0.5, 0.6) is 0 Å². The summed E-state index contributed by atoms with van der Waals surface area (Å²) in [5.74, 6) is 0. The normalized spacial score (nSPS) is 9.50. The van der Waals surface area contributed by atoms with E-state index in [1.54, 1.807) is 6.07 Å². The van der Waals surface area contributed by atoms with Gasteiger partial charge in [0.15, 0.2) is 0 Å². The fraction of sp³-hybridized carbons (Fsp3) is 0.385. The van der Waals surface area contributed by atoms with Crippen molar-refractivity contribution in [3.63, 3.8) is 0 Å². The van der Waals surface area contributed by atoms with Gasteiger partial charge in [-0.3, -0.25) is 0 Å². The highest BCUT2D eigenvalue weighted by Crippen LogP contribution is 2.23. The summed E-state index contributed by atoms with van der Waals surface area (Å²) in [7, 11) is 0. The molecule has 2 nitrogen and oxygen atoms in total. The summed E-state index contributed by atoms with van der Waals surface area (Å²) in [5, 5.41) is 18.1. The van der Waals surface area contributed by atoms with Gasteiger partial charge in [-0.2, -0.15) is 10.5 Å². The second-order valence-electron chi connectivity index (χ2n) is 3.65. The van der Waals surface area contributed by atoms with Gasteiger partial charge in [0, 0.05) is 0 Å². The lowest BCUT2D eigenvalue weighted by Gasteiger charge is -2.08. The number of halogens is 1. The first kappa shape index (κ1) is 12.6. The molecule has 0 aromatic heterocycles.